The van der Waals surface area contributed by atoms with Crippen molar-refractivity contribution < 1.29 is 9.53 Å². The van der Waals surface area contributed by atoms with Crippen molar-refractivity contribution in [1.82, 2.24) is 14.7 Å². The number of nitrogens with one attached hydrogen (secondary N) is 2. The minimum absolute atomic E-state index is 0.299. The largest absolute Gasteiger partial charge is 0.493 e. The van der Waals surface area contributed by atoms with Gasteiger partial charge in [0.05, 0.1) is 12.3 Å². The van der Waals surface area contributed by atoms with Gasteiger partial charge in [-0.3, -0.25) is 4.68 Å². The predicted molar refractivity (Wildman–Crippen MR) is 116 cm³/mol. The Balaban J connectivity index is 1.75. The maximum absolute atomic E-state index is 12.3. The molecule has 0 spiro atoms. The lowest BCUT2D eigenvalue weighted by Crippen LogP contribution is -2.19. The zero-order chi connectivity index (χ0) is 20.6. The Labute approximate surface area is 171 Å². The summed E-state index contributed by atoms with van der Waals surface area (Å²) in [5.74, 6) is 0.765. The second kappa shape index (κ2) is 9.75. The van der Waals surface area contributed by atoms with Crippen molar-refractivity contribution in [3.05, 3.63) is 60.8 Å². The fourth-order valence-corrected chi connectivity index (χ4v) is 2.95. The Morgan fingerprint density at radius 2 is 1.83 bits per heavy atom. The number of aromatic nitrogens is 2. The van der Waals surface area contributed by atoms with Crippen LogP contribution in [0, 0.1) is 0 Å². The van der Waals surface area contributed by atoms with E-state index < -0.39 is 0 Å². The summed E-state index contributed by atoms with van der Waals surface area (Å²) in [6, 6.07) is 16.6. The van der Waals surface area contributed by atoms with Crippen LogP contribution in [0.15, 0.2) is 60.8 Å². The van der Waals surface area contributed by atoms with Crippen LogP contribution in [-0.2, 0) is 7.05 Å². The number of benzene rings is 2. The molecule has 1 aromatic heterocycles. The maximum Gasteiger partial charge on any atom is 0.323 e. The van der Waals surface area contributed by atoms with E-state index in [9.17, 15) is 4.79 Å². The van der Waals surface area contributed by atoms with Crippen molar-refractivity contribution in [2.75, 3.05) is 37.9 Å². The Morgan fingerprint density at radius 3 is 2.52 bits per heavy atom. The van der Waals surface area contributed by atoms with E-state index in [1.54, 1.807) is 10.9 Å². The first-order chi connectivity index (χ1) is 14.0. The lowest BCUT2D eigenvalue weighted by atomic mass is 10.1. The van der Waals surface area contributed by atoms with Crippen molar-refractivity contribution >= 4 is 17.4 Å². The van der Waals surface area contributed by atoms with Crippen LogP contribution in [0.3, 0.4) is 0 Å². The van der Waals surface area contributed by atoms with Crippen LogP contribution in [0.25, 0.3) is 11.3 Å². The number of rotatable bonds is 8. The molecular formula is C22H27N5O2. The van der Waals surface area contributed by atoms with Gasteiger partial charge in [0, 0.05) is 36.7 Å². The van der Waals surface area contributed by atoms with Crippen molar-refractivity contribution in [3.63, 3.8) is 0 Å². The fraction of sp³-hybridized carbons (Fsp3) is 0.273. The van der Waals surface area contributed by atoms with Gasteiger partial charge in [0.1, 0.15) is 5.75 Å². The minimum atomic E-state index is -0.299. The van der Waals surface area contributed by atoms with E-state index in [1.807, 2.05) is 75.7 Å². The summed E-state index contributed by atoms with van der Waals surface area (Å²) in [7, 11) is 5.97. The first-order valence-corrected chi connectivity index (χ1v) is 9.56. The molecule has 0 fully saturated rings. The van der Waals surface area contributed by atoms with Crippen molar-refractivity contribution in [1.29, 1.82) is 0 Å². The van der Waals surface area contributed by atoms with Gasteiger partial charge in [0.25, 0.3) is 0 Å². The van der Waals surface area contributed by atoms with Crippen molar-refractivity contribution in [2.24, 2.45) is 7.05 Å². The van der Waals surface area contributed by atoms with Gasteiger partial charge in [-0.15, -0.1) is 0 Å². The molecule has 0 saturated heterocycles. The second-order valence-corrected chi connectivity index (χ2v) is 7.00. The highest BCUT2D eigenvalue weighted by atomic mass is 16.5. The molecule has 0 aliphatic rings. The van der Waals surface area contributed by atoms with Crippen LogP contribution < -0.4 is 15.4 Å². The Kier molecular flexibility index (Phi) is 6.86. The molecule has 7 heteroatoms. The third kappa shape index (κ3) is 5.83. The number of para-hydroxylation sites is 1. The average Bonchev–Trinajstić information content (AvgIpc) is 3.12. The first-order valence-electron chi connectivity index (χ1n) is 9.56. The number of urea groups is 1. The molecule has 0 unspecified atom stereocenters. The van der Waals surface area contributed by atoms with Gasteiger partial charge in [-0.05, 0) is 56.9 Å². The lowest BCUT2D eigenvalue weighted by molar-refractivity contribution is 0.262. The molecule has 2 amide bonds. The molecule has 0 saturated carbocycles. The smallest absolute Gasteiger partial charge is 0.323 e. The van der Waals surface area contributed by atoms with Crippen LogP contribution in [0.4, 0.5) is 16.2 Å². The third-order valence-corrected chi connectivity index (χ3v) is 4.37. The monoisotopic (exact) mass is 393 g/mol. The molecule has 0 radical (unpaired) electrons. The second-order valence-electron chi connectivity index (χ2n) is 7.00. The first kappa shape index (κ1) is 20.4. The number of amides is 2. The summed E-state index contributed by atoms with van der Waals surface area (Å²) >= 11 is 0. The highest BCUT2D eigenvalue weighted by molar-refractivity contribution is 6.00. The van der Waals surface area contributed by atoms with E-state index in [-0.39, 0.29) is 6.03 Å². The minimum Gasteiger partial charge on any atom is -0.493 e. The van der Waals surface area contributed by atoms with Gasteiger partial charge in [-0.1, -0.05) is 18.2 Å². The van der Waals surface area contributed by atoms with Crippen LogP contribution >= 0.6 is 0 Å². The molecule has 7 nitrogen and oxygen atoms in total. The SMILES string of the molecule is CN(C)CCCOc1ccc(NC(=O)Nc2ccccc2)cc1-c1ccnn1C. The summed E-state index contributed by atoms with van der Waals surface area (Å²) in [4.78, 5) is 14.5. The standard InChI is InChI=1S/C22H27N5O2/c1-26(2)14-7-15-29-21-11-10-18(16-19(21)20-12-13-23-27(20)3)25-22(28)24-17-8-5-4-6-9-17/h4-6,8-13,16H,7,14-15H2,1-3H3,(H2,24,25,28). The van der Waals surface area contributed by atoms with Gasteiger partial charge in [-0.25, -0.2) is 4.79 Å². The van der Waals surface area contributed by atoms with Gasteiger partial charge >= 0.3 is 6.03 Å². The van der Waals surface area contributed by atoms with Crippen molar-refractivity contribution in [3.8, 4) is 17.0 Å². The molecule has 152 valence electrons. The number of anilines is 2. The molecule has 29 heavy (non-hydrogen) atoms. The van der Waals surface area contributed by atoms with Crippen molar-refractivity contribution in [2.45, 2.75) is 6.42 Å². The zero-order valence-electron chi connectivity index (χ0n) is 17.1. The molecule has 2 N–H and O–H groups in total. The number of hydrogen-bond acceptors (Lipinski definition) is 4. The van der Waals surface area contributed by atoms with E-state index in [0.29, 0.717) is 12.3 Å². The lowest BCUT2D eigenvalue weighted by Gasteiger charge is -2.15. The van der Waals surface area contributed by atoms with Gasteiger partial charge in [-0.2, -0.15) is 5.10 Å². The molecule has 0 aliphatic carbocycles. The summed E-state index contributed by atoms with van der Waals surface area (Å²) in [5, 5.41) is 9.95. The number of ether oxygens (including phenoxy) is 1. The zero-order valence-corrected chi connectivity index (χ0v) is 17.1. The number of carbonyl (C=O) groups is 1. The number of hydrogen-bond donors (Lipinski definition) is 2. The van der Waals surface area contributed by atoms with E-state index in [1.165, 1.54) is 0 Å². The molecule has 0 bridgehead atoms. The summed E-state index contributed by atoms with van der Waals surface area (Å²) in [5.41, 5.74) is 3.21. The van der Waals surface area contributed by atoms with E-state index in [4.69, 9.17) is 4.74 Å². The third-order valence-electron chi connectivity index (χ3n) is 4.37. The summed E-state index contributed by atoms with van der Waals surface area (Å²) < 4.78 is 7.81. The van der Waals surface area contributed by atoms with Crippen LogP contribution in [0.5, 0.6) is 5.75 Å². The predicted octanol–water partition coefficient (Wildman–Crippen LogP) is 4.06. The van der Waals surface area contributed by atoms with Gasteiger partial charge in [0.2, 0.25) is 0 Å². The molecule has 3 rings (SSSR count). The quantitative estimate of drug-likeness (QED) is 0.566. The maximum atomic E-state index is 12.3. The molecule has 3 aromatic rings. The normalized spacial score (nSPS) is 10.8. The molecule has 1 heterocycles. The Bertz CT molecular complexity index is 937. The Hall–Kier alpha value is -3.32. The summed E-state index contributed by atoms with van der Waals surface area (Å²) in [6.45, 7) is 1.57. The Morgan fingerprint density at radius 1 is 1.07 bits per heavy atom. The highest BCUT2D eigenvalue weighted by Crippen LogP contribution is 2.32. The number of aryl methyl sites for hydroxylation is 1. The van der Waals surface area contributed by atoms with Crippen LogP contribution in [-0.4, -0.2) is 48.0 Å². The van der Waals surface area contributed by atoms with E-state index in [0.717, 1.165) is 35.7 Å². The number of nitrogens with zero attached hydrogens (tertiary/aromatic N) is 3. The number of carbonyl (C=O) groups excluding carboxylic acids is 1. The fourth-order valence-electron chi connectivity index (χ4n) is 2.95. The molecular weight excluding hydrogens is 366 g/mol. The topological polar surface area (TPSA) is 71.4 Å². The molecule has 0 aliphatic heterocycles. The van der Waals surface area contributed by atoms with E-state index >= 15 is 0 Å². The van der Waals surface area contributed by atoms with Gasteiger partial charge < -0.3 is 20.3 Å². The molecule has 2 aromatic carbocycles. The van der Waals surface area contributed by atoms with Crippen LogP contribution in [0.1, 0.15) is 6.42 Å². The van der Waals surface area contributed by atoms with Gasteiger partial charge in [0.15, 0.2) is 0 Å². The van der Waals surface area contributed by atoms with E-state index in [2.05, 4.69) is 20.6 Å². The molecule has 0 atom stereocenters. The average molecular weight is 393 g/mol. The highest BCUT2D eigenvalue weighted by Gasteiger charge is 2.13. The van der Waals surface area contributed by atoms with Crippen LogP contribution in [0.2, 0.25) is 0 Å². The summed E-state index contributed by atoms with van der Waals surface area (Å²) in [6.07, 6.45) is 2.67.